The molecule has 0 radical (unpaired) electrons. The van der Waals surface area contributed by atoms with Crippen molar-refractivity contribution in [2.75, 3.05) is 0 Å². The quantitative estimate of drug-likeness (QED) is 0.658. The van der Waals surface area contributed by atoms with Crippen LogP contribution in [0.4, 0.5) is 0 Å². The van der Waals surface area contributed by atoms with Crippen LogP contribution in [-0.2, 0) is 16.6 Å². The predicted molar refractivity (Wildman–Crippen MR) is 56.8 cm³/mol. The van der Waals surface area contributed by atoms with Crippen LogP contribution in [0.25, 0.3) is 0 Å². The number of aryl methyl sites for hydroxylation is 1. The molecule has 0 amide bonds. The van der Waals surface area contributed by atoms with E-state index in [0.29, 0.717) is 0 Å². The molecule has 0 aliphatic carbocycles. The fraction of sp³-hybridized carbons (Fsp3) is 0.727. The molecule has 1 aliphatic heterocycles. The second kappa shape index (κ2) is 3.43. The van der Waals surface area contributed by atoms with Gasteiger partial charge in [0.15, 0.2) is 5.82 Å². The molecule has 1 aromatic rings. The summed E-state index contributed by atoms with van der Waals surface area (Å²) in [4.78, 5) is 15.4. The molecule has 1 aromatic heterocycles. The molecule has 0 saturated carbocycles. The van der Waals surface area contributed by atoms with Gasteiger partial charge < -0.3 is 4.79 Å². The lowest BCUT2D eigenvalue weighted by atomic mass is 9.96. The average molecular weight is 207 g/mol. The van der Waals surface area contributed by atoms with E-state index >= 15 is 0 Å². The molecule has 0 aromatic carbocycles. The number of nitrogens with zero attached hydrogens (tertiary/aromatic N) is 3. The van der Waals surface area contributed by atoms with Gasteiger partial charge >= 0.3 is 0 Å². The van der Waals surface area contributed by atoms with E-state index in [2.05, 4.69) is 30.9 Å². The van der Waals surface area contributed by atoms with Crippen molar-refractivity contribution in [3.63, 3.8) is 0 Å². The van der Waals surface area contributed by atoms with E-state index in [1.807, 2.05) is 0 Å². The third-order valence-corrected chi connectivity index (χ3v) is 2.74. The smallest absolute Gasteiger partial charge is 0.156 e. The molecule has 82 valence electrons. The highest BCUT2D eigenvalue weighted by Gasteiger charge is 2.26. The summed E-state index contributed by atoms with van der Waals surface area (Å²) in [5.41, 5.74) is -0.0439. The summed E-state index contributed by atoms with van der Waals surface area (Å²) in [7, 11) is 0. The largest absolute Gasteiger partial charge is 0.301 e. The lowest BCUT2D eigenvalue weighted by Gasteiger charge is -2.17. The Bertz CT molecular complexity index is 376. The molecular weight excluding hydrogens is 190 g/mol. The van der Waals surface area contributed by atoms with E-state index in [1.54, 1.807) is 4.68 Å². The Morgan fingerprint density at radius 1 is 1.47 bits per heavy atom. The number of hydrogen-bond acceptors (Lipinski definition) is 3. The van der Waals surface area contributed by atoms with Crippen molar-refractivity contribution < 1.29 is 4.79 Å². The van der Waals surface area contributed by atoms with E-state index in [1.165, 1.54) is 0 Å². The second-order valence-corrected chi connectivity index (χ2v) is 5.14. The van der Waals surface area contributed by atoms with Gasteiger partial charge in [-0.05, 0) is 12.8 Å². The number of carbonyl (C=O) groups is 1. The van der Waals surface area contributed by atoms with Crippen LogP contribution in [-0.4, -0.2) is 21.1 Å². The lowest BCUT2D eigenvalue weighted by molar-refractivity contribution is -0.111. The van der Waals surface area contributed by atoms with E-state index in [-0.39, 0.29) is 11.5 Å². The Labute approximate surface area is 89.7 Å². The van der Waals surface area contributed by atoms with Crippen molar-refractivity contribution in [1.29, 1.82) is 0 Å². The van der Waals surface area contributed by atoms with Crippen LogP contribution in [0.1, 0.15) is 51.3 Å². The molecule has 4 heteroatoms. The van der Waals surface area contributed by atoms with Gasteiger partial charge in [-0.1, -0.05) is 20.8 Å². The summed E-state index contributed by atoms with van der Waals surface area (Å²) in [6.45, 7) is 6.26. The second-order valence-electron chi connectivity index (χ2n) is 5.14. The zero-order valence-corrected chi connectivity index (χ0v) is 9.53. The topological polar surface area (TPSA) is 47.8 Å². The summed E-state index contributed by atoms with van der Waals surface area (Å²) >= 11 is 0. The fourth-order valence-corrected chi connectivity index (χ4v) is 1.83. The maximum Gasteiger partial charge on any atom is 0.156 e. The molecule has 15 heavy (non-hydrogen) atoms. The molecule has 0 saturated heterocycles. The number of aldehydes is 1. The standard InChI is InChI=1S/C11H17N3O/c1-11(2,3)10-12-9-6-4-5-8(7-15)14(9)13-10/h7-8H,4-6H2,1-3H3. The first-order chi connectivity index (χ1) is 7.02. The highest BCUT2D eigenvalue weighted by atomic mass is 16.1. The summed E-state index contributed by atoms with van der Waals surface area (Å²) in [5.74, 6) is 1.80. The van der Waals surface area contributed by atoms with Gasteiger partial charge in [0, 0.05) is 11.8 Å². The van der Waals surface area contributed by atoms with Crippen molar-refractivity contribution in [1.82, 2.24) is 14.8 Å². The van der Waals surface area contributed by atoms with Crippen LogP contribution >= 0.6 is 0 Å². The zero-order chi connectivity index (χ0) is 11.1. The molecule has 1 atom stereocenters. The molecule has 1 aliphatic rings. The summed E-state index contributed by atoms with van der Waals surface area (Å²) in [6.07, 6.45) is 3.84. The zero-order valence-electron chi connectivity index (χ0n) is 9.53. The molecule has 0 bridgehead atoms. The van der Waals surface area contributed by atoms with Crippen molar-refractivity contribution in [2.45, 2.75) is 51.5 Å². The van der Waals surface area contributed by atoms with Gasteiger partial charge in [0.25, 0.3) is 0 Å². The first-order valence-electron chi connectivity index (χ1n) is 5.43. The van der Waals surface area contributed by atoms with Crippen molar-refractivity contribution in [3.8, 4) is 0 Å². The number of carbonyl (C=O) groups excluding carboxylic acids is 1. The minimum absolute atomic E-state index is 0.0439. The average Bonchev–Trinajstić information content (AvgIpc) is 2.59. The van der Waals surface area contributed by atoms with Crippen molar-refractivity contribution in [2.24, 2.45) is 0 Å². The van der Waals surface area contributed by atoms with E-state index in [0.717, 1.165) is 37.2 Å². The monoisotopic (exact) mass is 207 g/mol. The minimum Gasteiger partial charge on any atom is -0.301 e. The first kappa shape index (κ1) is 10.3. The van der Waals surface area contributed by atoms with Gasteiger partial charge in [0.05, 0.1) is 0 Å². The molecular formula is C11H17N3O. The SMILES string of the molecule is CC(C)(C)c1nc2n(n1)C(C=O)CCC2. The summed E-state index contributed by atoms with van der Waals surface area (Å²) in [6, 6.07) is -0.0997. The third kappa shape index (κ3) is 1.80. The van der Waals surface area contributed by atoms with Crippen molar-refractivity contribution in [3.05, 3.63) is 11.6 Å². The lowest BCUT2D eigenvalue weighted by Crippen LogP contribution is -2.20. The molecule has 2 rings (SSSR count). The maximum absolute atomic E-state index is 10.9. The highest BCUT2D eigenvalue weighted by molar-refractivity contribution is 5.56. The van der Waals surface area contributed by atoms with Gasteiger partial charge in [0.1, 0.15) is 18.2 Å². The molecule has 2 heterocycles. The van der Waals surface area contributed by atoms with E-state index < -0.39 is 0 Å². The maximum atomic E-state index is 10.9. The molecule has 1 unspecified atom stereocenters. The Kier molecular flexibility index (Phi) is 2.37. The van der Waals surface area contributed by atoms with Crippen LogP contribution in [0, 0.1) is 0 Å². The van der Waals surface area contributed by atoms with E-state index in [9.17, 15) is 4.79 Å². The van der Waals surface area contributed by atoms with Gasteiger partial charge in [-0.2, -0.15) is 5.10 Å². The molecule has 0 spiro atoms. The Morgan fingerprint density at radius 2 is 2.20 bits per heavy atom. The van der Waals surface area contributed by atoms with Gasteiger partial charge in [0.2, 0.25) is 0 Å². The number of rotatable bonds is 1. The molecule has 4 nitrogen and oxygen atoms in total. The van der Waals surface area contributed by atoms with Crippen LogP contribution in [0.5, 0.6) is 0 Å². The Hall–Kier alpha value is -1.19. The highest BCUT2D eigenvalue weighted by Crippen LogP contribution is 2.25. The summed E-state index contributed by atoms with van der Waals surface area (Å²) < 4.78 is 1.80. The normalized spacial score (nSPS) is 21.1. The van der Waals surface area contributed by atoms with Crippen LogP contribution in [0.15, 0.2) is 0 Å². The number of aromatic nitrogens is 3. The van der Waals surface area contributed by atoms with Gasteiger partial charge in [-0.15, -0.1) is 0 Å². The van der Waals surface area contributed by atoms with Crippen LogP contribution in [0.2, 0.25) is 0 Å². The van der Waals surface area contributed by atoms with Gasteiger partial charge in [-0.25, -0.2) is 9.67 Å². The Morgan fingerprint density at radius 3 is 2.80 bits per heavy atom. The van der Waals surface area contributed by atoms with Crippen LogP contribution in [0.3, 0.4) is 0 Å². The third-order valence-electron chi connectivity index (χ3n) is 2.74. The van der Waals surface area contributed by atoms with Crippen LogP contribution < -0.4 is 0 Å². The number of hydrogen-bond donors (Lipinski definition) is 0. The predicted octanol–water partition coefficient (Wildman–Crippen LogP) is 1.65. The van der Waals surface area contributed by atoms with Gasteiger partial charge in [-0.3, -0.25) is 0 Å². The Balaban J connectivity index is 2.42. The minimum atomic E-state index is -0.0997. The fourth-order valence-electron chi connectivity index (χ4n) is 1.83. The molecule has 0 N–H and O–H groups in total. The first-order valence-corrected chi connectivity index (χ1v) is 5.43. The number of fused-ring (bicyclic) bond motifs is 1. The van der Waals surface area contributed by atoms with Crippen molar-refractivity contribution >= 4 is 6.29 Å². The molecule has 0 fully saturated rings. The van der Waals surface area contributed by atoms with E-state index in [4.69, 9.17) is 0 Å². The summed E-state index contributed by atoms with van der Waals surface area (Å²) in [5, 5.41) is 4.45.